The van der Waals surface area contributed by atoms with Gasteiger partial charge in [-0.15, -0.1) is 0 Å². The highest BCUT2D eigenvalue weighted by atomic mass is 35.5. The first-order valence-corrected chi connectivity index (χ1v) is 9.76. The van der Waals surface area contributed by atoms with E-state index in [-0.39, 0.29) is 58.2 Å². The molecule has 0 radical (unpaired) electrons. The van der Waals surface area contributed by atoms with E-state index in [1.165, 1.54) is 13.0 Å². The molecule has 3 atom stereocenters. The predicted molar refractivity (Wildman–Crippen MR) is 109 cm³/mol. The number of halogens is 1. The summed E-state index contributed by atoms with van der Waals surface area (Å²) in [6, 6.07) is 1.49. The molecule has 0 saturated heterocycles. The molecule has 8 N–H and O–H groups in total. The molecule has 0 fully saturated rings. The van der Waals surface area contributed by atoms with Crippen molar-refractivity contribution in [1.82, 2.24) is 0 Å². The number of Topliss-reactive ketones (excluding diaryl/α,β-unsaturated/α-hetero) is 1. The summed E-state index contributed by atoms with van der Waals surface area (Å²) in [6.07, 6.45) is 1.84. The lowest BCUT2D eigenvalue weighted by Gasteiger charge is -2.46. The quantitative estimate of drug-likeness (QED) is 0.415. The van der Waals surface area contributed by atoms with Gasteiger partial charge in [-0.1, -0.05) is 11.6 Å². The van der Waals surface area contributed by atoms with E-state index in [0.29, 0.717) is 11.1 Å². The summed E-state index contributed by atoms with van der Waals surface area (Å²) in [6.45, 7) is 1.23. The summed E-state index contributed by atoms with van der Waals surface area (Å²) in [7, 11) is 0. The van der Waals surface area contributed by atoms with Gasteiger partial charge in [0.2, 0.25) is 5.78 Å². The molecule has 1 amide bonds. The number of aliphatic hydroxyl groups is 3. The Bertz CT molecular complexity index is 1110. The summed E-state index contributed by atoms with van der Waals surface area (Å²) in [5, 5.41) is 43.2. The average molecular weight is 433 g/mol. The van der Waals surface area contributed by atoms with E-state index < -0.39 is 34.9 Å². The summed E-state index contributed by atoms with van der Waals surface area (Å²) in [4.78, 5) is 25.1. The lowest BCUT2D eigenvalue weighted by atomic mass is 9.61. The Balaban J connectivity index is 1.95. The molecule has 9 heteroatoms. The highest BCUT2D eigenvalue weighted by molar-refractivity contribution is 6.34. The number of hydrogen-bond donors (Lipinski definition) is 6. The SMILES string of the molecule is CC1(O)C(C(N)=O)=C(O)CC2CC3=Cc4c(Cl)cc(CN)c(O)c4C(=O)C3=C(O)C21. The number of rotatable bonds is 2. The van der Waals surface area contributed by atoms with E-state index >= 15 is 0 Å². The molecule has 0 spiro atoms. The fourth-order valence-corrected chi connectivity index (χ4v) is 5.36. The largest absolute Gasteiger partial charge is 0.512 e. The fourth-order valence-electron chi connectivity index (χ4n) is 5.08. The number of primary amides is 1. The number of allylic oxidation sites excluding steroid dienone is 3. The molecule has 8 nitrogen and oxygen atoms in total. The normalized spacial score (nSPS) is 28.0. The first-order chi connectivity index (χ1) is 14.0. The third-order valence-corrected chi connectivity index (χ3v) is 6.60. The second kappa shape index (κ2) is 6.60. The molecule has 1 aromatic carbocycles. The number of hydrogen-bond acceptors (Lipinski definition) is 7. The zero-order valence-electron chi connectivity index (χ0n) is 16.1. The number of phenolic OH excluding ortho intramolecular Hbond substituents is 1. The molecule has 4 rings (SSSR count). The van der Waals surface area contributed by atoms with Crippen molar-refractivity contribution < 1.29 is 30.0 Å². The van der Waals surface area contributed by atoms with Crippen LogP contribution in [0.3, 0.4) is 0 Å². The fraction of sp³-hybridized carbons (Fsp3) is 0.333. The predicted octanol–water partition coefficient (Wildman–Crippen LogP) is 1.98. The molecule has 30 heavy (non-hydrogen) atoms. The molecule has 0 aliphatic heterocycles. The molecule has 3 aliphatic rings. The first kappa shape index (κ1) is 20.5. The monoisotopic (exact) mass is 432 g/mol. The smallest absolute Gasteiger partial charge is 0.250 e. The Morgan fingerprint density at radius 2 is 1.97 bits per heavy atom. The maximum absolute atomic E-state index is 13.3. The van der Waals surface area contributed by atoms with Crippen LogP contribution in [0.1, 0.15) is 41.3 Å². The molecular weight excluding hydrogens is 412 g/mol. The molecule has 0 heterocycles. The van der Waals surface area contributed by atoms with Gasteiger partial charge in [-0.3, -0.25) is 9.59 Å². The summed E-state index contributed by atoms with van der Waals surface area (Å²) in [5.74, 6) is -4.25. The number of carbonyl (C=O) groups is 2. The van der Waals surface area contributed by atoms with E-state index in [0.717, 1.165) is 0 Å². The number of carbonyl (C=O) groups excluding carboxylic acids is 2. The van der Waals surface area contributed by atoms with Crippen LogP contribution in [0.2, 0.25) is 5.02 Å². The number of ketones is 1. The standard InChI is InChI=1S/C21H21ClN2O6/c1-21(30)15-8(5-12(25)16(21)20(24)29)2-7-3-10-11(22)4-9(6-23)17(26)14(10)18(27)13(7)19(15)28/h3-4,8,15,25-26,28,30H,2,5-6,23H2,1H3,(H2,24,29). The van der Waals surface area contributed by atoms with Gasteiger partial charge in [0, 0.05) is 29.1 Å². The van der Waals surface area contributed by atoms with Crippen LogP contribution < -0.4 is 11.5 Å². The molecule has 3 aliphatic carbocycles. The molecule has 0 aromatic heterocycles. The van der Waals surface area contributed by atoms with Gasteiger partial charge in [0.25, 0.3) is 5.91 Å². The Kier molecular flexibility index (Phi) is 4.50. The zero-order valence-corrected chi connectivity index (χ0v) is 16.8. The third-order valence-electron chi connectivity index (χ3n) is 6.29. The van der Waals surface area contributed by atoms with Crippen LogP contribution in [0, 0.1) is 11.8 Å². The topological polar surface area (TPSA) is 167 Å². The second-order valence-corrected chi connectivity index (χ2v) is 8.50. The van der Waals surface area contributed by atoms with Gasteiger partial charge in [0.1, 0.15) is 22.9 Å². The van der Waals surface area contributed by atoms with Crippen LogP contribution in [0.4, 0.5) is 0 Å². The van der Waals surface area contributed by atoms with Crippen molar-refractivity contribution in [3.8, 4) is 5.75 Å². The van der Waals surface area contributed by atoms with Crippen LogP contribution in [0.25, 0.3) is 6.08 Å². The van der Waals surface area contributed by atoms with Crippen LogP contribution in [0.15, 0.2) is 34.3 Å². The highest BCUT2D eigenvalue weighted by Crippen LogP contribution is 2.53. The van der Waals surface area contributed by atoms with Crippen LogP contribution in [0.5, 0.6) is 5.75 Å². The minimum absolute atomic E-state index is 0.0000881. The lowest BCUT2D eigenvalue weighted by Crippen LogP contribution is -2.51. The van der Waals surface area contributed by atoms with Gasteiger partial charge in [-0.25, -0.2) is 0 Å². The van der Waals surface area contributed by atoms with Gasteiger partial charge in [0.15, 0.2) is 0 Å². The Morgan fingerprint density at radius 1 is 1.30 bits per heavy atom. The van der Waals surface area contributed by atoms with Crippen molar-refractivity contribution in [2.45, 2.75) is 31.9 Å². The third kappa shape index (κ3) is 2.61. The number of amides is 1. The van der Waals surface area contributed by atoms with Crippen molar-refractivity contribution in [1.29, 1.82) is 0 Å². The Morgan fingerprint density at radius 3 is 2.57 bits per heavy atom. The van der Waals surface area contributed by atoms with E-state index in [1.54, 1.807) is 6.08 Å². The highest BCUT2D eigenvalue weighted by Gasteiger charge is 2.54. The lowest BCUT2D eigenvalue weighted by molar-refractivity contribution is -0.119. The minimum Gasteiger partial charge on any atom is -0.512 e. The summed E-state index contributed by atoms with van der Waals surface area (Å²) in [5.41, 5.74) is 9.53. The van der Waals surface area contributed by atoms with Gasteiger partial charge in [-0.05, 0) is 37.0 Å². The molecule has 0 saturated carbocycles. The Hall–Kier alpha value is -2.81. The number of phenols is 1. The van der Waals surface area contributed by atoms with Crippen molar-refractivity contribution in [2.75, 3.05) is 0 Å². The van der Waals surface area contributed by atoms with Gasteiger partial charge >= 0.3 is 0 Å². The average Bonchev–Trinajstić information content (AvgIpc) is 2.62. The van der Waals surface area contributed by atoms with E-state index in [1.807, 2.05) is 0 Å². The van der Waals surface area contributed by atoms with Crippen molar-refractivity contribution in [2.24, 2.45) is 23.3 Å². The van der Waals surface area contributed by atoms with Gasteiger partial charge < -0.3 is 31.9 Å². The van der Waals surface area contributed by atoms with Gasteiger partial charge in [0.05, 0.1) is 22.6 Å². The Labute approximate surface area is 176 Å². The number of fused-ring (bicyclic) bond motifs is 3. The summed E-state index contributed by atoms with van der Waals surface area (Å²) < 4.78 is 0. The van der Waals surface area contributed by atoms with E-state index in [9.17, 15) is 30.0 Å². The number of nitrogens with two attached hydrogens (primary N) is 2. The van der Waals surface area contributed by atoms with E-state index in [2.05, 4.69) is 0 Å². The number of aromatic hydroxyl groups is 1. The maximum Gasteiger partial charge on any atom is 0.250 e. The first-order valence-electron chi connectivity index (χ1n) is 9.38. The van der Waals surface area contributed by atoms with Crippen molar-refractivity contribution in [3.05, 3.63) is 56.0 Å². The van der Waals surface area contributed by atoms with Crippen molar-refractivity contribution in [3.63, 3.8) is 0 Å². The molecule has 1 aromatic rings. The van der Waals surface area contributed by atoms with Gasteiger partial charge in [-0.2, -0.15) is 0 Å². The van der Waals surface area contributed by atoms with Crippen molar-refractivity contribution >= 4 is 29.4 Å². The number of benzene rings is 1. The summed E-state index contributed by atoms with van der Waals surface area (Å²) >= 11 is 6.31. The molecule has 3 unspecified atom stereocenters. The minimum atomic E-state index is -1.99. The van der Waals surface area contributed by atoms with Crippen LogP contribution >= 0.6 is 11.6 Å². The van der Waals surface area contributed by atoms with Crippen LogP contribution in [-0.4, -0.2) is 37.7 Å². The maximum atomic E-state index is 13.3. The molecule has 0 bridgehead atoms. The molecular formula is C21H21ClN2O6. The molecule has 158 valence electrons. The van der Waals surface area contributed by atoms with Crippen LogP contribution in [-0.2, 0) is 11.3 Å². The zero-order chi connectivity index (χ0) is 22.1. The number of aliphatic hydroxyl groups excluding tert-OH is 2. The second-order valence-electron chi connectivity index (χ2n) is 8.10. The van der Waals surface area contributed by atoms with E-state index in [4.69, 9.17) is 23.1 Å².